The molecule has 0 spiro atoms. The van der Waals surface area contributed by atoms with Crippen molar-refractivity contribution in [1.82, 2.24) is 0 Å². The van der Waals surface area contributed by atoms with Gasteiger partial charge in [-0.3, -0.25) is 0 Å². The molecule has 0 bridgehead atoms. The summed E-state index contributed by atoms with van der Waals surface area (Å²) in [6, 6.07) is -0.153. The monoisotopic (exact) mass is 196 g/mol. The second-order valence-corrected chi connectivity index (χ2v) is 3.39. The Morgan fingerprint density at radius 1 is 1.64 bits per heavy atom. The number of nitrogens with two attached hydrogens (primary N) is 2. The summed E-state index contributed by atoms with van der Waals surface area (Å²) < 4.78 is 4.61. The van der Waals surface area contributed by atoms with Gasteiger partial charge in [0.1, 0.15) is 6.61 Å². The van der Waals surface area contributed by atoms with Crippen molar-refractivity contribution >= 4 is 6.09 Å². The highest BCUT2D eigenvalue weighted by Crippen LogP contribution is 2.16. The lowest BCUT2D eigenvalue weighted by Crippen LogP contribution is -2.29. The van der Waals surface area contributed by atoms with Crippen LogP contribution in [0.15, 0.2) is 23.8 Å². The van der Waals surface area contributed by atoms with Crippen LogP contribution in [0.25, 0.3) is 0 Å². The van der Waals surface area contributed by atoms with E-state index >= 15 is 0 Å². The van der Waals surface area contributed by atoms with Gasteiger partial charge in [-0.15, -0.1) is 0 Å². The van der Waals surface area contributed by atoms with E-state index in [1.54, 1.807) is 0 Å². The molecule has 0 saturated heterocycles. The molecular formula is C10H16N2O2. The van der Waals surface area contributed by atoms with Gasteiger partial charge in [-0.05, 0) is 19.3 Å². The van der Waals surface area contributed by atoms with Gasteiger partial charge in [0.05, 0.1) is 0 Å². The SMILES string of the molecule is NC(=O)OCC(N)CC1=CC=CCC1. The molecule has 1 unspecified atom stereocenters. The summed E-state index contributed by atoms with van der Waals surface area (Å²) in [6.45, 7) is 0.191. The van der Waals surface area contributed by atoms with Gasteiger partial charge < -0.3 is 16.2 Å². The summed E-state index contributed by atoms with van der Waals surface area (Å²) >= 11 is 0. The van der Waals surface area contributed by atoms with Crippen LogP contribution in [0, 0.1) is 0 Å². The van der Waals surface area contributed by atoms with Gasteiger partial charge in [-0.1, -0.05) is 23.8 Å². The Hall–Kier alpha value is -1.29. The maximum atomic E-state index is 10.3. The van der Waals surface area contributed by atoms with E-state index in [-0.39, 0.29) is 12.6 Å². The van der Waals surface area contributed by atoms with Crippen LogP contribution >= 0.6 is 0 Å². The van der Waals surface area contributed by atoms with Crippen LogP contribution in [0.3, 0.4) is 0 Å². The fourth-order valence-corrected chi connectivity index (χ4v) is 1.41. The summed E-state index contributed by atoms with van der Waals surface area (Å²) in [5, 5.41) is 0. The van der Waals surface area contributed by atoms with E-state index < -0.39 is 6.09 Å². The molecule has 4 nitrogen and oxygen atoms in total. The fraction of sp³-hybridized carbons (Fsp3) is 0.500. The maximum absolute atomic E-state index is 10.3. The van der Waals surface area contributed by atoms with Crippen molar-refractivity contribution in [3.8, 4) is 0 Å². The molecule has 78 valence electrons. The Kier molecular flexibility index (Phi) is 4.19. The highest BCUT2D eigenvalue weighted by Gasteiger charge is 2.08. The van der Waals surface area contributed by atoms with Gasteiger partial charge in [0.2, 0.25) is 0 Å². The summed E-state index contributed by atoms with van der Waals surface area (Å²) in [4.78, 5) is 10.3. The largest absolute Gasteiger partial charge is 0.448 e. The average Bonchev–Trinajstić information content (AvgIpc) is 2.16. The van der Waals surface area contributed by atoms with Crippen LogP contribution < -0.4 is 11.5 Å². The van der Waals surface area contributed by atoms with Crippen LogP contribution in [0.5, 0.6) is 0 Å². The molecule has 0 aromatic rings. The molecule has 1 aliphatic rings. The fourth-order valence-electron chi connectivity index (χ4n) is 1.41. The van der Waals surface area contributed by atoms with E-state index in [9.17, 15) is 4.79 Å². The molecule has 0 aromatic carbocycles. The van der Waals surface area contributed by atoms with E-state index in [0.29, 0.717) is 0 Å². The van der Waals surface area contributed by atoms with Crippen molar-refractivity contribution in [2.45, 2.75) is 25.3 Å². The number of carbonyl (C=O) groups is 1. The quantitative estimate of drug-likeness (QED) is 0.706. The number of hydrogen-bond donors (Lipinski definition) is 2. The minimum absolute atomic E-state index is 0.153. The first-order valence-corrected chi connectivity index (χ1v) is 4.71. The van der Waals surface area contributed by atoms with Crippen molar-refractivity contribution in [2.75, 3.05) is 6.61 Å². The summed E-state index contributed by atoms with van der Waals surface area (Å²) in [6.07, 6.45) is 8.31. The molecule has 1 atom stereocenters. The zero-order valence-electron chi connectivity index (χ0n) is 8.11. The molecule has 0 aliphatic heterocycles. The zero-order valence-corrected chi connectivity index (χ0v) is 8.11. The molecule has 4 heteroatoms. The second-order valence-electron chi connectivity index (χ2n) is 3.39. The topological polar surface area (TPSA) is 78.3 Å². The smallest absolute Gasteiger partial charge is 0.404 e. The third kappa shape index (κ3) is 4.09. The molecule has 0 heterocycles. The Morgan fingerprint density at radius 2 is 2.43 bits per heavy atom. The van der Waals surface area contributed by atoms with Crippen molar-refractivity contribution in [3.63, 3.8) is 0 Å². The minimum Gasteiger partial charge on any atom is -0.448 e. The van der Waals surface area contributed by atoms with Crippen LogP contribution in [0.2, 0.25) is 0 Å². The van der Waals surface area contributed by atoms with E-state index in [4.69, 9.17) is 11.5 Å². The van der Waals surface area contributed by atoms with E-state index in [0.717, 1.165) is 19.3 Å². The number of allylic oxidation sites excluding steroid dienone is 3. The molecule has 14 heavy (non-hydrogen) atoms. The normalized spacial score (nSPS) is 17.4. The van der Waals surface area contributed by atoms with Crippen molar-refractivity contribution in [2.24, 2.45) is 11.5 Å². The molecule has 1 aliphatic carbocycles. The molecule has 0 aromatic heterocycles. The minimum atomic E-state index is -0.766. The van der Waals surface area contributed by atoms with Gasteiger partial charge in [0.15, 0.2) is 0 Å². The third-order valence-corrected chi connectivity index (χ3v) is 2.06. The third-order valence-electron chi connectivity index (χ3n) is 2.06. The van der Waals surface area contributed by atoms with E-state index in [2.05, 4.69) is 16.9 Å². The van der Waals surface area contributed by atoms with Crippen LogP contribution in [0.4, 0.5) is 4.79 Å². The van der Waals surface area contributed by atoms with E-state index in [1.807, 2.05) is 6.08 Å². The zero-order chi connectivity index (χ0) is 10.4. The number of hydrogen-bond acceptors (Lipinski definition) is 3. The van der Waals surface area contributed by atoms with Crippen molar-refractivity contribution in [1.29, 1.82) is 0 Å². The van der Waals surface area contributed by atoms with Gasteiger partial charge in [-0.2, -0.15) is 0 Å². The predicted octanol–water partition coefficient (Wildman–Crippen LogP) is 1.08. The van der Waals surface area contributed by atoms with Gasteiger partial charge in [0.25, 0.3) is 0 Å². The van der Waals surface area contributed by atoms with Crippen molar-refractivity contribution in [3.05, 3.63) is 23.8 Å². The number of rotatable bonds is 4. The number of amides is 1. The lowest BCUT2D eigenvalue weighted by molar-refractivity contribution is 0.149. The number of ether oxygens (including phenoxy) is 1. The highest BCUT2D eigenvalue weighted by molar-refractivity contribution is 5.64. The first-order chi connectivity index (χ1) is 6.68. The number of carbonyl (C=O) groups excluding carboxylic acids is 1. The molecule has 1 rings (SSSR count). The van der Waals surface area contributed by atoms with Crippen molar-refractivity contribution < 1.29 is 9.53 Å². The first kappa shape index (κ1) is 10.8. The highest BCUT2D eigenvalue weighted by atomic mass is 16.5. The molecule has 4 N–H and O–H groups in total. The van der Waals surface area contributed by atoms with E-state index in [1.165, 1.54) is 5.57 Å². The average molecular weight is 196 g/mol. The Morgan fingerprint density at radius 3 is 3.00 bits per heavy atom. The predicted molar refractivity (Wildman–Crippen MR) is 54.6 cm³/mol. The molecule has 0 radical (unpaired) electrons. The lowest BCUT2D eigenvalue weighted by Gasteiger charge is -2.14. The summed E-state index contributed by atoms with van der Waals surface area (Å²) in [5.74, 6) is 0. The standard InChI is InChI=1S/C10H16N2O2/c11-9(7-14-10(12)13)6-8-4-2-1-3-5-8/h1-2,4,9H,3,5-7,11H2,(H2,12,13). The van der Waals surface area contributed by atoms with Gasteiger partial charge >= 0.3 is 6.09 Å². The lowest BCUT2D eigenvalue weighted by atomic mass is 9.99. The molecule has 1 amide bonds. The Bertz CT molecular complexity index is 259. The Labute approximate surface area is 83.6 Å². The number of primary amides is 1. The molecule has 0 fully saturated rings. The second kappa shape index (κ2) is 5.44. The maximum Gasteiger partial charge on any atom is 0.404 e. The molecular weight excluding hydrogens is 180 g/mol. The summed E-state index contributed by atoms with van der Waals surface area (Å²) in [5.41, 5.74) is 11.9. The van der Waals surface area contributed by atoms with Crippen LogP contribution in [0.1, 0.15) is 19.3 Å². The van der Waals surface area contributed by atoms with Crippen LogP contribution in [-0.4, -0.2) is 18.7 Å². The Balaban J connectivity index is 2.25. The first-order valence-electron chi connectivity index (χ1n) is 4.71. The van der Waals surface area contributed by atoms with Gasteiger partial charge in [0, 0.05) is 6.04 Å². The molecule has 0 saturated carbocycles. The van der Waals surface area contributed by atoms with Crippen LogP contribution in [-0.2, 0) is 4.74 Å². The van der Waals surface area contributed by atoms with Gasteiger partial charge in [-0.25, -0.2) is 4.79 Å². The summed E-state index contributed by atoms with van der Waals surface area (Å²) in [7, 11) is 0.